The van der Waals surface area contributed by atoms with Gasteiger partial charge in [0, 0.05) is 33.3 Å². The van der Waals surface area contributed by atoms with Crippen LogP contribution in [0.3, 0.4) is 0 Å². The zero-order valence-electron chi connectivity index (χ0n) is 23.9. The second kappa shape index (κ2) is 10.6. The van der Waals surface area contributed by atoms with Crippen LogP contribution in [0.2, 0.25) is 36.3 Å². The van der Waals surface area contributed by atoms with E-state index in [0.717, 1.165) is 44.0 Å². The molecule has 0 saturated carbocycles. The summed E-state index contributed by atoms with van der Waals surface area (Å²) >= 11 is 7.27. The highest BCUT2D eigenvalue weighted by atomic mass is 79.9. The predicted octanol–water partition coefficient (Wildman–Crippen LogP) is 9.15. The Morgan fingerprint density at radius 1 is 0.676 bits per heavy atom. The number of benzene rings is 2. The Morgan fingerprint density at radius 2 is 1.00 bits per heavy atom. The first-order valence-corrected chi connectivity index (χ1v) is 21.8. The molecule has 0 bridgehead atoms. The molecule has 9 heteroatoms. The van der Waals surface area contributed by atoms with Crippen LogP contribution in [0.25, 0.3) is 11.1 Å². The Kier molecular flexibility index (Phi) is 8.94. The zero-order valence-corrected chi connectivity index (χ0v) is 29.9. The van der Waals surface area contributed by atoms with Crippen LogP contribution in [0.1, 0.15) is 52.7 Å². The maximum absolute atomic E-state index is 13.4. The lowest BCUT2D eigenvalue weighted by Gasteiger charge is -2.36. The first-order valence-electron chi connectivity index (χ1n) is 12.9. The normalized spacial score (nSPS) is 15.6. The van der Waals surface area contributed by atoms with Crippen LogP contribution in [0.15, 0.2) is 43.0 Å². The molecule has 1 aliphatic rings. The lowest BCUT2D eigenvalue weighted by atomic mass is 9.99. The molecular formula is C28H42Br2O4SSi2. The highest BCUT2D eigenvalue weighted by molar-refractivity contribution is 9.10. The van der Waals surface area contributed by atoms with E-state index in [4.69, 9.17) is 8.85 Å². The van der Waals surface area contributed by atoms with E-state index in [1.807, 2.05) is 12.1 Å². The average molecular weight is 691 g/mol. The molecule has 0 amide bonds. The lowest BCUT2D eigenvalue weighted by molar-refractivity contribution is 0.291. The second-order valence-corrected chi connectivity index (χ2v) is 26.3. The van der Waals surface area contributed by atoms with Crippen molar-refractivity contribution in [2.24, 2.45) is 0 Å². The van der Waals surface area contributed by atoms with Crippen molar-refractivity contribution >= 4 is 58.3 Å². The summed E-state index contributed by atoms with van der Waals surface area (Å²) in [5.74, 6) is 0. The highest BCUT2D eigenvalue weighted by Crippen LogP contribution is 2.47. The SMILES string of the molecule is CC(C)(C)[Si](C)(C)OCCc1cc2c(cc1Br)S(=O)(=O)c1cc(Br)c(CCO[Si](C)(C)C(C)(C)C)cc1-2. The van der Waals surface area contributed by atoms with Crippen LogP contribution in [-0.2, 0) is 31.5 Å². The summed E-state index contributed by atoms with van der Waals surface area (Å²) in [5, 5.41) is 0.292. The van der Waals surface area contributed by atoms with Crippen LogP contribution in [-0.4, -0.2) is 38.3 Å². The van der Waals surface area contributed by atoms with Crippen LogP contribution in [0.5, 0.6) is 0 Å². The number of fused-ring (bicyclic) bond motifs is 3. The first kappa shape index (κ1) is 31.2. The fourth-order valence-electron chi connectivity index (χ4n) is 3.83. The van der Waals surface area contributed by atoms with Gasteiger partial charge in [-0.1, -0.05) is 73.4 Å². The molecule has 0 N–H and O–H groups in total. The molecule has 2 aromatic carbocycles. The van der Waals surface area contributed by atoms with E-state index in [9.17, 15) is 8.42 Å². The molecule has 0 atom stereocenters. The molecule has 0 saturated heterocycles. The van der Waals surface area contributed by atoms with E-state index in [2.05, 4.69) is 99.6 Å². The van der Waals surface area contributed by atoms with Gasteiger partial charge in [-0.05, 0) is 84.5 Å². The number of rotatable bonds is 8. The number of hydrogen-bond acceptors (Lipinski definition) is 4. The predicted molar refractivity (Wildman–Crippen MR) is 166 cm³/mol. The maximum atomic E-state index is 13.4. The van der Waals surface area contributed by atoms with Gasteiger partial charge in [0.1, 0.15) is 0 Å². The molecule has 4 nitrogen and oxygen atoms in total. The minimum Gasteiger partial charge on any atom is -0.416 e. The molecule has 0 aromatic heterocycles. The number of halogens is 2. The van der Waals surface area contributed by atoms with Gasteiger partial charge >= 0.3 is 0 Å². The zero-order chi connectivity index (χ0) is 28.2. The van der Waals surface area contributed by atoms with Gasteiger partial charge < -0.3 is 8.85 Å². The van der Waals surface area contributed by atoms with E-state index in [-0.39, 0.29) is 10.1 Å². The molecule has 0 aliphatic carbocycles. The minimum absolute atomic E-state index is 0.146. The van der Waals surface area contributed by atoms with Gasteiger partial charge in [0.25, 0.3) is 0 Å². The topological polar surface area (TPSA) is 52.6 Å². The summed E-state index contributed by atoms with van der Waals surface area (Å²) in [7, 11) is -7.29. The number of sulfone groups is 1. The standard InChI is InChI=1S/C28H42Br2O4SSi2/c1-27(2,3)36(7,8)33-13-11-19-15-21-22-16-20(12-14-34-37(9,10)28(4,5)6)24(30)18-26(22)35(31,32)25(21)17-23(19)29/h15-18H,11-14H2,1-10H3. The Morgan fingerprint density at radius 3 is 1.30 bits per heavy atom. The van der Waals surface area contributed by atoms with Crippen molar-refractivity contribution < 1.29 is 17.3 Å². The molecule has 37 heavy (non-hydrogen) atoms. The summed E-state index contributed by atoms with van der Waals surface area (Å²) in [6.45, 7) is 23.6. The summed E-state index contributed by atoms with van der Waals surface area (Å²) in [6, 6.07) is 7.59. The largest absolute Gasteiger partial charge is 0.416 e. The molecule has 0 fully saturated rings. The highest BCUT2D eigenvalue weighted by Gasteiger charge is 2.39. The van der Waals surface area contributed by atoms with Gasteiger partial charge in [-0.25, -0.2) is 8.42 Å². The molecule has 1 aliphatic heterocycles. The van der Waals surface area contributed by atoms with E-state index in [0.29, 0.717) is 23.0 Å². The Bertz CT molecular complexity index is 1200. The van der Waals surface area contributed by atoms with Crippen molar-refractivity contribution in [3.05, 3.63) is 44.3 Å². The van der Waals surface area contributed by atoms with Crippen molar-refractivity contribution in [3.63, 3.8) is 0 Å². The quantitative estimate of drug-likeness (QED) is 0.221. The van der Waals surface area contributed by atoms with Crippen LogP contribution >= 0.6 is 31.9 Å². The summed E-state index contributed by atoms with van der Waals surface area (Å²) in [5.41, 5.74) is 3.68. The van der Waals surface area contributed by atoms with Crippen molar-refractivity contribution in [3.8, 4) is 11.1 Å². The first-order chi connectivity index (χ1) is 16.7. The molecule has 3 rings (SSSR count). The Balaban J connectivity index is 1.90. The third-order valence-electron chi connectivity index (χ3n) is 8.45. The van der Waals surface area contributed by atoms with E-state index >= 15 is 0 Å². The third kappa shape index (κ3) is 6.38. The van der Waals surface area contributed by atoms with Crippen LogP contribution in [0.4, 0.5) is 0 Å². The van der Waals surface area contributed by atoms with Gasteiger partial charge in [-0.2, -0.15) is 0 Å². The molecule has 0 spiro atoms. The minimum atomic E-state index is -3.58. The average Bonchev–Trinajstić information content (AvgIpc) is 2.92. The molecule has 1 heterocycles. The van der Waals surface area contributed by atoms with Crippen LogP contribution in [0, 0.1) is 0 Å². The summed E-state index contributed by atoms with van der Waals surface area (Å²) < 4.78 is 41.3. The lowest BCUT2D eigenvalue weighted by Crippen LogP contribution is -2.41. The van der Waals surface area contributed by atoms with Crippen molar-refractivity contribution in [1.82, 2.24) is 0 Å². The second-order valence-electron chi connectivity index (χ2n) is 13.1. The van der Waals surface area contributed by atoms with E-state index in [1.165, 1.54) is 0 Å². The maximum Gasteiger partial charge on any atom is 0.207 e. The molecule has 206 valence electrons. The Hall–Kier alpha value is -0.296. The smallest absolute Gasteiger partial charge is 0.207 e. The summed E-state index contributed by atoms with van der Waals surface area (Å²) in [6.07, 6.45) is 1.44. The van der Waals surface area contributed by atoms with Crippen molar-refractivity contribution in [1.29, 1.82) is 0 Å². The van der Waals surface area contributed by atoms with Gasteiger partial charge in [-0.15, -0.1) is 0 Å². The molecule has 2 aromatic rings. The molecular weight excluding hydrogens is 648 g/mol. The van der Waals surface area contributed by atoms with Gasteiger partial charge in [0.15, 0.2) is 16.6 Å². The van der Waals surface area contributed by atoms with Gasteiger partial charge in [0.2, 0.25) is 9.84 Å². The Labute approximate surface area is 243 Å². The fourth-order valence-corrected chi connectivity index (χ4v) is 9.01. The third-order valence-corrected chi connectivity index (χ3v) is 20.8. The number of hydrogen-bond donors (Lipinski definition) is 0. The van der Waals surface area contributed by atoms with Crippen molar-refractivity contribution in [2.75, 3.05) is 13.2 Å². The summed E-state index contributed by atoms with van der Waals surface area (Å²) in [4.78, 5) is 0.732. The molecule has 0 unspecified atom stereocenters. The van der Waals surface area contributed by atoms with E-state index in [1.54, 1.807) is 12.1 Å². The molecule has 0 radical (unpaired) electrons. The monoisotopic (exact) mass is 688 g/mol. The van der Waals surface area contributed by atoms with Gasteiger partial charge in [0.05, 0.1) is 9.79 Å². The van der Waals surface area contributed by atoms with Gasteiger partial charge in [-0.3, -0.25) is 0 Å². The fraction of sp³-hybridized carbons (Fsp3) is 0.571. The van der Waals surface area contributed by atoms with Crippen molar-refractivity contribution in [2.45, 2.75) is 100 Å². The van der Waals surface area contributed by atoms with E-state index < -0.39 is 26.5 Å². The van der Waals surface area contributed by atoms with Crippen LogP contribution < -0.4 is 0 Å².